The van der Waals surface area contributed by atoms with E-state index in [0.717, 1.165) is 18.9 Å². The maximum absolute atomic E-state index is 11.0. The number of aliphatic carboxylic acids is 1. The normalized spacial score (nSPS) is 14.2. The van der Waals surface area contributed by atoms with Crippen molar-refractivity contribution < 1.29 is 19.5 Å². The molecule has 0 aliphatic rings. The average Bonchev–Trinajstić information content (AvgIpc) is 2.02. The Morgan fingerprint density at radius 3 is 2.21 bits per heavy atom. The molecule has 6 nitrogen and oxygen atoms in total. The number of ketones is 1. The summed E-state index contributed by atoms with van der Waals surface area (Å²) in [6.07, 6.45) is 0. The minimum atomic E-state index is -1.94. The molecule has 1 amide bonds. The first-order chi connectivity index (χ1) is 6.30. The molecule has 0 saturated carbocycles. The van der Waals surface area contributed by atoms with E-state index in [0.29, 0.717) is 0 Å². The topological polar surface area (TPSA) is 109 Å². The Morgan fingerprint density at radius 1 is 1.43 bits per heavy atom. The van der Waals surface area contributed by atoms with Crippen LogP contribution >= 0.6 is 11.9 Å². The molecule has 0 spiro atoms. The van der Waals surface area contributed by atoms with Crippen molar-refractivity contribution in [3.63, 3.8) is 0 Å². The van der Waals surface area contributed by atoms with Gasteiger partial charge in [0, 0.05) is 12.7 Å². The number of carboxylic acids is 1. The van der Waals surface area contributed by atoms with Crippen LogP contribution in [-0.4, -0.2) is 34.1 Å². The third-order valence-electron chi connectivity index (χ3n) is 1.53. The SMILES string of the molecule is CC(=O)NSCC(N)(C(C)=O)C(=O)O. The molecule has 0 aliphatic heterocycles. The van der Waals surface area contributed by atoms with Crippen LogP contribution < -0.4 is 10.5 Å². The molecular weight excluding hydrogens is 208 g/mol. The van der Waals surface area contributed by atoms with Crippen LogP contribution in [0.5, 0.6) is 0 Å². The number of carbonyl (C=O) groups excluding carboxylic acids is 2. The average molecular weight is 220 g/mol. The van der Waals surface area contributed by atoms with Crippen LogP contribution in [0.4, 0.5) is 0 Å². The van der Waals surface area contributed by atoms with Gasteiger partial charge < -0.3 is 15.6 Å². The first-order valence-electron chi connectivity index (χ1n) is 3.72. The molecule has 0 aliphatic carbocycles. The summed E-state index contributed by atoms with van der Waals surface area (Å²) in [7, 11) is 0. The van der Waals surface area contributed by atoms with Gasteiger partial charge in [-0.25, -0.2) is 4.79 Å². The second-order valence-corrected chi connectivity index (χ2v) is 3.56. The monoisotopic (exact) mass is 220 g/mol. The zero-order valence-electron chi connectivity index (χ0n) is 7.86. The Kier molecular flexibility index (Phi) is 4.58. The highest BCUT2D eigenvalue weighted by Gasteiger charge is 2.39. The lowest BCUT2D eigenvalue weighted by Gasteiger charge is -2.20. The summed E-state index contributed by atoms with van der Waals surface area (Å²) < 4.78 is 2.29. The second kappa shape index (κ2) is 4.97. The molecule has 0 heterocycles. The van der Waals surface area contributed by atoms with Gasteiger partial charge in [-0.2, -0.15) is 0 Å². The molecule has 7 heteroatoms. The smallest absolute Gasteiger partial charge is 0.332 e. The van der Waals surface area contributed by atoms with Crippen molar-refractivity contribution in [3.05, 3.63) is 0 Å². The summed E-state index contributed by atoms with van der Waals surface area (Å²) >= 11 is 0.799. The molecule has 1 atom stereocenters. The zero-order chi connectivity index (χ0) is 11.4. The number of nitrogens with one attached hydrogen (secondary N) is 1. The van der Waals surface area contributed by atoms with Crippen molar-refractivity contribution in [2.24, 2.45) is 5.73 Å². The van der Waals surface area contributed by atoms with Crippen LogP contribution in [-0.2, 0) is 14.4 Å². The quantitative estimate of drug-likeness (QED) is 0.411. The molecule has 0 aromatic rings. The lowest BCUT2D eigenvalue weighted by molar-refractivity contribution is -0.146. The maximum atomic E-state index is 11.0. The van der Waals surface area contributed by atoms with Gasteiger partial charge in [0.15, 0.2) is 11.3 Å². The number of rotatable bonds is 5. The van der Waals surface area contributed by atoms with Gasteiger partial charge >= 0.3 is 5.97 Å². The molecule has 0 rings (SSSR count). The van der Waals surface area contributed by atoms with Crippen molar-refractivity contribution in [1.82, 2.24) is 4.72 Å². The van der Waals surface area contributed by atoms with Gasteiger partial charge in [0.25, 0.3) is 0 Å². The van der Waals surface area contributed by atoms with E-state index >= 15 is 0 Å². The minimum Gasteiger partial charge on any atom is -0.480 e. The van der Waals surface area contributed by atoms with Crippen molar-refractivity contribution in [2.45, 2.75) is 19.4 Å². The number of amides is 1. The number of hydrogen-bond donors (Lipinski definition) is 3. The highest BCUT2D eigenvalue weighted by Crippen LogP contribution is 2.10. The van der Waals surface area contributed by atoms with Crippen LogP contribution in [0.25, 0.3) is 0 Å². The number of hydrogen-bond acceptors (Lipinski definition) is 5. The number of Topliss-reactive ketones (excluding diaryl/α,β-unsaturated/α-hetero) is 1. The molecule has 14 heavy (non-hydrogen) atoms. The Balaban J connectivity index is 4.32. The van der Waals surface area contributed by atoms with E-state index in [9.17, 15) is 14.4 Å². The fourth-order valence-corrected chi connectivity index (χ4v) is 1.40. The second-order valence-electron chi connectivity index (χ2n) is 2.78. The Morgan fingerprint density at radius 2 is 1.93 bits per heavy atom. The van der Waals surface area contributed by atoms with Gasteiger partial charge in [-0.3, -0.25) is 9.59 Å². The number of carbonyl (C=O) groups is 3. The molecule has 0 bridgehead atoms. The van der Waals surface area contributed by atoms with E-state index in [1.807, 2.05) is 0 Å². The van der Waals surface area contributed by atoms with Crippen molar-refractivity contribution >= 4 is 29.6 Å². The fraction of sp³-hybridized carbons (Fsp3) is 0.571. The molecule has 0 fully saturated rings. The molecule has 1 unspecified atom stereocenters. The van der Waals surface area contributed by atoms with Gasteiger partial charge in [-0.1, -0.05) is 0 Å². The van der Waals surface area contributed by atoms with Crippen LogP contribution in [0.3, 0.4) is 0 Å². The fourth-order valence-electron chi connectivity index (χ4n) is 0.566. The summed E-state index contributed by atoms with van der Waals surface area (Å²) in [4.78, 5) is 32.1. The van der Waals surface area contributed by atoms with Gasteiger partial charge in [0.1, 0.15) is 0 Å². The molecule has 80 valence electrons. The lowest BCUT2D eigenvalue weighted by Crippen LogP contribution is -2.56. The maximum Gasteiger partial charge on any atom is 0.332 e. The highest BCUT2D eigenvalue weighted by atomic mass is 32.2. The first-order valence-corrected chi connectivity index (χ1v) is 4.71. The van der Waals surface area contributed by atoms with E-state index in [-0.39, 0.29) is 11.7 Å². The summed E-state index contributed by atoms with van der Waals surface area (Å²) in [6, 6.07) is 0. The highest BCUT2D eigenvalue weighted by molar-refractivity contribution is 7.98. The van der Waals surface area contributed by atoms with E-state index in [2.05, 4.69) is 4.72 Å². The molecule has 0 radical (unpaired) electrons. The predicted octanol–water partition coefficient (Wildman–Crippen LogP) is -0.858. The van der Waals surface area contributed by atoms with Crippen molar-refractivity contribution in [2.75, 3.05) is 5.75 Å². The lowest BCUT2D eigenvalue weighted by atomic mass is 9.99. The van der Waals surface area contributed by atoms with Gasteiger partial charge in [0.05, 0.1) is 0 Å². The van der Waals surface area contributed by atoms with Crippen LogP contribution in [0.15, 0.2) is 0 Å². The summed E-state index contributed by atoms with van der Waals surface area (Å²) in [6.45, 7) is 2.38. The molecular formula is C7H12N2O4S. The first kappa shape index (κ1) is 12.9. The summed E-state index contributed by atoms with van der Waals surface area (Å²) in [5.74, 6) is -2.57. The Labute approximate surface area is 85.4 Å². The zero-order valence-corrected chi connectivity index (χ0v) is 8.68. The summed E-state index contributed by atoms with van der Waals surface area (Å²) in [5, 5.41) is 8.70. The molecule has 4 N–H and O–H groups in total. The largest absolute Gasteiger partial charge is 0.480 e. The van der Waals surface area contributed by atoms with E-state index in [1.165, 1.54) is 6.92 Å². The van der Waals surface area contributed by atoms with Gasteiger partial charge in [-0.05, 0) is 18.9 Å². The van der Waals surface area contributed by atoms with Crippen molar-refractivity contribution in [1.29, 1.82) is 0 Å². The van der Waals surface area contributed by atoms with Crippen LogP contribution in [0, 0.1) is 0 Å². The molecule has 0 saturated heterocycles. The third-order valence-corrected chi connectivity index (χ3v) is 2.56. The predicted molar refractivity (Wildman–Crippen MR) is 51.5 cm³/mol. The molecule has 0 aromatic heterocycles. The summed E-state index contributed by atoms with van der Waals surface area (Å²) in [5.41, 5.74) is 3.41. The Hall–Kier alpha value is -1.08. The number of carboxylic acid groups (broad SMARTS) is 1. The standard InChI is InChI=1S/C7H12N2O4S/c1-4(10)7(8,6(12)13)3-14-9-5(2)11/h3,8H2,1-2H3,(H,9,11)(H,12,13). The van der Waals surface area contributed by atoms with Crippen LogP contribution in [0.1, 0.15) is 13.8 Å². The van der Waals surface area contributed by atoms with E-state index < -0.39 is 17.3 Å². The Bertz CT molecular complexity index is 252. The van der Waals surface area contributed by atoms with Crippen molar-refractivity contribution in [3.8, 4) is 0 Å². The van der Waals surface area contributed by atoms with Gasteiger partial charge in [-0.15, -0.1) is 0 Å². The third kappa shape index (κ3) is 3.35. The number of nitrogens with two attached hydrogens (primary N) is 1. The van der Waals surface area contributed by atoms with E-state index in [1.54, 1.807) is 0 Å². The van der Waals surface area contributed by atoms with Gasteiger partial charge in [0.2, 0.25) is 5.91 Å². The van der Waals surface area contributed by atoms with Crippen LogP contribution in [0.2, 0.25) is 0 Å². The minimum absolute atomic E-state index is 0.197. The van der Waals surface area contributed by atoms with E-state index in [4.69, 9.17) is 10.8 Å². The molecule has 0 aromatic carbocycles.